The van der Waals surface area contributed by atoms with Gasteiger partial charge in [-0.15, -0.1) is 0 Å². The highest BCUT2D eigenvalue weighted by atomic mass is 79.9. The number of fused-ring (bicyclic) bond motifs is 3. The summed E-state index contributed by atoms with van der Waals surface area (Å²) in [5, 5.41) is 1.54. The number of carbonyl (C=O) groups excluding carboxylic acids is 1. The van der Waals surface area contributed by atoms with E-state index in [1.54, 1.807) is 4.90 Å². The van der Waals surface area contributed by atoms with Crippen LogP contribution in [0.1, 0.15) is 44.7 Å². The second kappa shape index (κ2) is 7.93. The molecule has 1 aromatic carbocycles. The number of carbonyl (C=O) groups is 1. The van der Waals surface area contributed by atoms with Crippen LogP contribution in [0.2, 0.25) is 5.02 Å². The number of benzene rings is 1. The molecule has 29 heavy (non-hydrogen) atoms. The van der Waals surface area contributed by atoms with E-state index < -0.39 is 5.60 Å². The minimum absolute atomic E-state index is 0.0297. The molecule has 8 heteroatoms. The molecule has 1 fully saturated rings. The van der Waals surface area contributed by atoms with Gasteiger partial charge in [-0.05, 0) is 66.7 Å². The van der Waals surface area contributed by atoms with Crippen molar-refractivity contribution in [2.45, 2.75) is 58.5 Å². The predicted molar refractivity (Wildman–Crippen MR) is 114 cm³/mol. The SMILES string of the molecule is CC(C)(C)OC(=O)N1CCC[C@H]1COc1ccc2c3c(c(Br)c(Cl)c2n1)COC3. The van der Waals surface area contributed by atoms with Gasteiger partial charge in [-0.3, -0.25) is 0 Å². The summed E-state index contributed by atoms with van der Waals surface area (Å²) < 4.78 is 17.9. The van der Waals surface area contributed by atoms with Crippen LogP contribution in [0.15, 0.2) is 16.6 Å². The van der Waals surface area contributed by atoms with Crippen molar-refractivity contribution in [2.24, 2.45) is 0 Å². The smallest absolute Gasteiger partial charge is 0.410 e. The number of amides is 1. The van der Waals surface area contributed by atoms with Crippen LogP contribution in [0.4, 0.5) is 4.79 Å². The monoisotopic (exact) mass is 482 g/mol. The van der Waals surface area contributed by atoms with Gasteiger partial charge in [0.2, 0.25) is 5.88 Å². The summed E-state index contributed by atoms with van der Waals surface area (Å²) in [4.78, 5) is 18.8. The van der Waals surface area contributed by atoms with Gasteiger partial charge in [0.15, 0.2) is 0 Å². The van der Waals surface area contributed by atoms with Crippen LogP contribution in [0, 0.1) is 0 Å². The number of hydrogen-bond donors (Lipinski definition) is 0. The summed E-state index contributed by atoms with van der Waals surface area (Å²) in [5.41, 5.74) is 2.37. The molecule has 0 aliphatic carbocycles. The Morgan fingerprint density at radius 1 is 1.34 bits per heavy atom. The van der Waals surface area contributed by atoms with Crippen LogP contribution in [0.25, 0.3) is 10.9 Å². The molecule has 0 unspecified atom stereocenters. The van der Waals surface area contributed by atoms with Gasteiger partial charge in [0.25, 0.3) is 0 Å². The fourth-order valence-corrected chi connectivity index (χ4v) is 4.59. The summed E-state index contributed by atoms with van der Waals surface area (Å²) in [6.45, 7) is 7.76. The fourth-order valence-electron chi connectivity index (χ4n) is 3.79. The van der Waals surface area contributed by atoms with Crippen molar-refractivity contribution >= 4 is 44.5 Å². The van der Waals surface area contributed by atoms with E-state index in [2.05, 4.69) is 20.9 Å². The van der Waals surface area contributed by atoms with Crippen molar-refractivity contribution in [3.63, 3.8) is 0 Å². The molecular weight excluding hydrogens is 460 g/mol. The molecule has 0 N–H and O–H groups in total. The second-order valence-electron chi connectivity index (χ2n) is 8.40. The van der Waals surface area contributed by atoms with Crippen molar-refractivity contribution in [3.8, 4) is 5.88 Å². The van der Waals surface area contributed by atoms with Gasteiger partial charge in [0.05, 0.1) is 29.8 Å². The summed E-state index contributed by atoms with van der Waals surface area (Å²) in [6.07, 6.45) is 1.52. The van der Waals surface area contributed by atoms with Crippen LogP contribution in [0.3, 0.4) is 0 Å². The summed E-state index contributed by atoms with van der Waals surface area (Å²) in [5.74, 6) is 0.487. The maximum Gasteiger partial charge on any atom is 0.410 e. The van der Waals surface area contributed by atoms with E-state index in [1.165, 1.54) is 0 Å². The number of ether oxygens (including phenoxy) is 3. The molecule has 0 spiro atoms. The molecule has 0 bridgehead atoms. The third kappa shape index (κ3) is 4.18. The van der Waals surface area contributed by atoms with Gasteiger partial charge in [0, 0.05) is 22.5 Å². The van der Waals surface area contributed by atoms with E-state index in [-0.39, 0.29) is 12.1 Å². The predicted octanol–water partition coefficient (Wildman–Crippen LogP) is 5.46. The van der Waals surface area contributed by atoms with E-state index in [4.69, 9.17) is 25.8 Å². The molecule has 2 aromatic rings. The highest BCUT2D eigenvalue weighted by molar-refractivity contribution is 9.10. The van der Waals surface area contributed by atoms with Crippen LogP contribution in [-0.4, -0.2) is 40.8 Å². The number of halogens is 2. The lowest BCUT2D eigenvalue weighted by atomic mass is 10.0. The van der Waals surface area contributed by atoms with Gasteiger partial charge in [-0.2, -0.15) is 0 Å². The third-order valence-corrected chi connectivity index (χ3v) is 6.62. The highest BCUT2D eigenvalue weighted by Crippen LogP contribution is 2.40. The molecule has 2 aliphatic heterocycles. The number of likely N-dealkylation sites (tertiary alicyclic amines) is 1. The van der Waals surface area contributed by atoms with Gasteiger partial charge >= 0.3 is 6.09 Å². The Bertz CT molecular complexity index is 960. The fraction of sp³-hybridized carbons (Fsp3) is 0.524. The number of pyridine rings is 1. The van der Waals surface area contributed by atoms with Gasteiger partial charge in [0.1, 0.15) is 12.2 Å². The van der Waals surface area contributed by atoms with Crippen LogP contribution >= 0.6 is 27.5 Å². The molecule has 156 valence electrons. The zero-order valence-corrected chi connectivity index (χ0v) is 19.1. The molecule has 6 nitrogen and oxygen atoms in total. The minimum Gasteiger partial charge on any atom is -0.475 e. The van der Waals surface area contributed by atoms with Crippen molar-refractivity contribution < 1.29 is 19.0 Å². The van der Waals surface area contributed by atoms with E-state index in [0.29, 0.717) is 42.8 Å². The van der Waals surface area contributed by atoms with E-state index in [1.807, 2.05) is 32.9 Å². The first kappa shape index (κ1) is 20.7. The molecule has 3 heterocycles. The quantitative estimate of drug-likeness (QED) is 0.580. The Morgan fingerprint density at radius 2 is 2.10 bits per heavy atom. The topological polar surface area (TPSA) is 60.9 Å². The molecule has 1 atom stereocenters. The van der Waals surface area contributed by atoms with E-state index >= 15 is 0 Å². The van der Waals surface area contributed by atoms with Crippen molar-refractivity contribution in [2.75, 3.05) is 13.2 Å². The number of rotatable bonds is 3. The lowest BCUT2D eigenvalue weighted by molar-refractivity contribution is 0.0186. The Morgan fingerprint density at radius 3 is 2.86 bits per heavy atom. The van der Waals surface area contributed by atoms with Crippen molar-refractivity contribution in [3.05, 3.63) is 32.8 Å². The number of aromatic nitrogens is 1. The minimum atomic E-state index is -0.515. The average molecular weight is 484 g/mol. The summed E-state index contributed by atoms with van der Waals surface area (Å²) >= 11 is 10.1. The lowest BCUT2D eigenvalue weighted by Gasteiger charge is -2.28. The maximum atomic E-state index is 12.4. The zero-order chi connectivity index (χ0) is 20.8. The van der Waals surface area contributed by atoms with Gasteiger partial charge < -0.3 is 19.1 Å². The van der Waals surface area contributed by atoms with Gasteiger partial charge in [-0.25, -0.2) is 9.78 Å². The average Bonchev–Trinajstić information content (AvgIpc) is 3.32. The zero-order valence-electron chi connectivity index (χ0n) is 16.8. The summed E-state index contributed by atoms with van der Waals surface area (Å²) in [6, 6.07) is 3.79. The molecule has 1 amide bonds. The van der Waals surface area contributed by atoms with Crippen LogP contribution in [-0.2, 0) is 22.7 Å². The highest BCUT2D eigenvalue weighted by Gasteiger charge is 2.32. The van der Waals surface area contributed by atoms with E-state index in [9.17, 15) is 4.79 Å². The van der Waals surface area contributed by atoms with Gasteiger partial charge in [-0.1, -0.05) is 11.6 Å². The molecule has 0 saturated carbocycles. The first-order valence-electron chi connectivity index (χ1n) is 9.74. The Labute approximate surface area is 183 Å². The molecule has 1 saturated heterocycles. The molecule has 2 aliphatic rings. The van der Waals surface area contributed by atoms with E-state index in [0.717, 1.165) is 33.8 Å². The van der Waals surface area contributed by atoms with Crippen LogP contribution < -0.4 is 4.74 Å². The maximum absolute atomic E-state index is 12.4. The number of hydrogen-bond acceptors (Lipinski definition) is 5. The van der Waals surface area contributed by atoms with Crippen LogP contribution in [0.5, 0.6) is 5.88 Å². The van der Waals surface area contributed by atoms with Crippen molar-refractivity contribution in [1.82, 2.24) is 9.88 Å². The normalized spacial score (nSPS) is 18.9. The van der Waals surface area contributed by atoms with Crippen molar-refractivity contribution in [1.29, 1.82) is 0 Å². The lowest BCUT2D eigenvalue weighted by Crippen LogP contribution is -2.42. The standard InChI is InChI=1S/C21H24BrClN2O4/c1-21(2,3)29-20(26)25-8-4-5-12(25)9-28-16-7-6-13-14-10-27-11-15(14)17(22)18(23)19(13)24-16/h6-7,12H,4-5,8-11H2,1-3H3/t12-/m0/s1. The third-order valence-electron chi connectivity index (χ3n) is 5.15. The first-order valence-corrected chi connectivity index (χ1v) is 10.9. The molecule has 4 rings (SSSR count). The molecule has 0 radical (unpaired) electrons. The Balaban J connectivity index is 1.51. The molecule has 1 aromatic heterocycles. The Hall–Kier alpha value is -1.57. The number of nitrogens with zero attached hydrogens (tertiary/aromatic N) is 2. The first-order chi connectivity index (χ1) is 13.7. The Kier molecular flexibility index (Phi) is 5.66. The largest absolute Gasteiger partial charge is 0.475 e. The second-order valence-corrected chi connectivity index (χ2v) is 9.58. The summed E-state index contributed by atoms with van der Waals surface area (Å²) in [7, 11) is 0. The molecular formula is C21H24BrClN2O4.